The Morgan fingerprint density at radius 3 is 2.73 bits per heavy atom. The van der Waals surface area contributed by atoms with E-state index in [1.54, 1.807) is 17.2 Å². The van der Waals surface area contributed by atoms with E-state index in [1.165, 1.54) is 0 Å². The number of aryl methyl sites for hydroxylation is 1. The molecule has 2 N–H and O–H groups in total. The molecule has 1 aromatic carbocycles. The van der Waals surface area contributed by atoms with Crippen LogP contribution in [0.2, 0.25) is 0 Å². The van der Waals surface area contributed by atoms with Gasteiger partial charge in [-0.2, -0.15) is 0 Å². The number of hydrogen-bond acceptors (Lipinski definition) is 3. The number of urea groups is 1. The summed E-state index contributed by atoms with van der Waals surface area (Å²) in [7, 11) is 0. The van der Waals surface area contributed by atoms with E-state index in [2.05, 4.69) is 15.6 Å². The van der Waals surface area contributed by atoms with Crippen LogP contribution in [0.4, 0.5) is 10.6 Å². The highest BCUT2D eigenvalue weighted by molar-refractivity contribution is 5.92. The number of benzene rings is 1. The average molecular weight is 352 g/mol. The van der Waals surface area contributed by atoms with Crippen molar-refractivity contribution in [2.75, 3.05) is 18.4 Å². The number of carbonyl (C=O) groups is 2. The molecular weight excluding hydrogens is 328 g/mol. The number of pyridine rings is 1. The lowest BCUT2D eigenvalue weighted by Crippen LogP contribution is -2.47. The minimum atomic E-state index is -0.214. The lowest BCUT2D eigenvalue weighted by molar-refractivity contribution is -0.121. The van der Waals surface area contributed by atoms with Gasteiger partial charge in [0.25, 0.3) is 0 Å². The first-order chi connectivity index (χ1) is 12.6. The summed E-state index contributed by atoms with van der Waals surface area (Å²) >= 11 is 0. The van der Waals surface area contributed by atoms with Gasteiger partial charge in [-0.25, -0.2) is 9.78 Å². The Labute approximate surface area is 153 Å². The lowest BCUT2D eigenvalue weighted by atomic mass is 9.97. The van der Waals surface area contributed by atoms with Crippen LogP contribution in [-0.2, 0) is 11.3 Å². The summed E-state index contributed by atoms with van der Waals surface area (Å²) in [6.45, 7) is 3.54. The van der Waals surface area contributed by atoms with E-state index in [9.17, 15) is 9.59 Å². The highest BCUT2D eigenvalue weighted by atomic mass is 16.2. The number of carbonyl (C=O) groups excluding carboxylic acids is 2. The second-order valence-electron chi connectivity index (χ2n) is 6.64. The molecule has 1 aliphatic heterocycles. The molecule has 6 nitrogen and oxygen atoms in total. The Balaban J connectivity index is 1.52. The SMILES string of the molecule is Cc1ccc(NC(=O)[C@H]2CCCN(C(=O)NCc3ccccc3)C2)nc1. The lowest BCUT2D eigenvalue weighted by Gasteiger charge is -2.32. The Hall–Kier alpha value is -2.89. The van der Waals surface area contributed by atoms with Gasteiger partial charge < -0.3 is 15.5 Å². The molecular formula is C20H24N4O2. The van der Waals surface area contributed by atoms with Crippen molar-refractivity contribution in [1.29, 1.82) is 0 Å². The second-order valence-corrected chi connectivity index (χ2v) is 6.64. The van der Waals surface area contributed by atoms with Crippen LogP contribution in [0.25, 0.3) is 0 Å². The van der Waals surface area contributed by atoms with Crippen LogP contribution in [0.1, 0.15) is 24.0 Å². The van der Waals surface area contributed by atoms with Gasteiger partial charge in [0.05, 0.1) is 5.92 Å². The summed E-state index contributed by atoms with van der Waals surface area (Å²) in [6, 6.07) is 13.4. The van der Waals surface area contributed by atoms with Crippen molar-refractivity contribution in [3.63, 3.8) is 0 Å². The van der Waals surface area contributed by atoms with E-state index < -0.39 is 0 Å². The highest BCUT2D eigenvalue weighted by Crippen LogP contribution is 2.18. The molecule has 26 heavy (non-hydrogen) atoms. The normalized spacial score (nSPS) is 16.8. The van der Waals surface area contributed by atoms with E-state index in [0.29, 0.717) is 25.5 Å². The first-order valence-corrected chi connectivity index (χ1v) is 8.92. The monoisotopic (exact) mass is 352 g/mol. The topological polar surface area (TPSA) is 74.3 Å². The molecule has 0 saturated carbocycles. The Kier molecular flexibility index (Phi) is 5.84. The largest absolute Gasteiger partial charge is 0.334 e. The zero-order valence-corrected chi connectivity index (χ0v) is 14.9. The summed E-state index contributed by atoms with van der Waals surface area (Å²) in [5.74, 6) is 0.252. The van der Waals surface area contributed by atoms with E-state index in [4.69, 9.17) is 0 Å². The molecule has 1 aliphatic rings. The van der Waals surface area contributed by atoms with E-state index >= 15 is 0 Å². The van der Waals surface area contributed by atoms with Crippen molar-refractivity contribution in [2.45, 2.75) is 26.3 Å². The zero-order valence-electron chi connectivity index (χ0n) is 14.9. The molecule has 0 aliphatic carbocycles. The maximum Gasteiger partial charge on any atom is 0.317 e. The van der Waals surface area contributed by atoms with E-state index in [1.807, 2.05) is 43.3 Å². The van der Waals surface area contributed by atoms with Crippen molar-refractivity contribution in [3.05, 3.63) is 59.8 Å². The van der Waals surface area contributed by atoms with Gasteiger partial charge in [-0.3, -0.25) is 4.79 Å². The van der Waals surface area contributed by atoms with Crippen LogP contribution in [0, 0.1) is 12.8 Å². The Morgan fingerprint density at radius 2 is 2.00 bits per heavy atom. The molecule has 0 bridgehead atoms. The standard InChI is InChI=1S/C20H24N4O2/c1-15-9-10-18(21-12-15)23-19(25)17-8-5-11-24(14-17)20(26)22-13-16-6-3-2-4-7-16/h2-4,6-7,9-10,12,17H,5,8,11,13-14H2,1H3,(H,22,26)(H,21,23,25)/t17-/m0/s1. The number of anilines is 1. The smallest absolute Gasteiger partial charge is 0.317 e. The van der Waals surface area contributed by atoms with Crippen LogP contribution < -0.4 is 10.6 Å². The van der Waals surface area contributed by atoms with Gasteiger partial charge in [0.2, 0.25) is 5.91 Å². The Bertz CT molecular complexity index is 746. The van der Waals surface area contributed by atoms with Crippen molar-refractivity contribution < 1.29 is 9.59 Å². The molecule has 3 rings (SSSR count). The van der Waals surface area contributed by atoms with Crippen molar-refractivity contribution in [1.82, 2.24) is 15.2 Å². The fourth-order valence-electron chi connectivity index (χ4n) is 3.03. The average Bonchev–Trinajstić information content (AvgIpc) is 2.69. The van der Waals surface area contributed by atoms with E-state index in [0.717, 1.165) is 24.0 Å². The molecule has 0 spiro atoms. The predicted molar refractivity (Wildman–Crippen MR) is 101 cm³/mol. The molecule has 0 radical (unpaired) electrons. The number of aromatic nitrogens is 1. The van der Waals surface area contributed by atoms with Gasteiger partial charge in [0.1, 0.15) is 5.82 Å². The molecule has 1 saturated heterocycles. The van der Waals surface area contributed by atoms with Crippen molar-refractivity contribution in [3.8, 4) is 0 Å². The van der Waals surface area contributed by atoms with Crippen LogP contribution in [0.3, 0.4) is 0 Å². The number of amides is 3. The van der Waals surface area contributed by atoms with Crippen molar-refractivity contribution in [2.24, 2.45) is 5.92 Å². The number of piperidine rings is 1. The molecule has 3 amide bonds. The van der Waals surface area contributed by atoms with Gasteiger partial charge in [0.15, 0.2) is 0 Å². The van der Waals surface area contributed by atoms with Crippen LogP contribution >= 0.6 is 0 Å². The quantitative estimate of drug-likeness (QED) is 0.888. The highest BCUT2D eigenvalue weighted by Gasteiger charge is 2.28. The number of nitrogens with one attached hydrogen (secondary N) is 2. The van der Waals surface area contributed by atoms with Gasteiger partial charge in [-0.05, 0) is 37.0 Å². The molecule has 2 aromatic rings. The maximum atomic E-state index is 12.5. The fraction of sp³-hybridized carbons (Fsp3) is 0.350. The van der Waals surface area contributed by atoms with Crippen LogP contribution in [-0.4, -0.2) is 34.9 Å². The second kappa shape index (κ2) is 8.47. The number of nitrogens with zero attached hydrogens (tertiary/aromatic N) is 2. The summed E-state index contributed by atoms with van der Waals surface area (Å²) in [6.07, 6.45) is 3.32. The van der Waals surface area contributed by atoms with Gasteiger partial charge in [-0.1, -0.05) is 36.4 Å². The predicted octanol–water partition coefficient (Wildman–Crippen LogP) is 2.95. The van der Waals surface area contributed by atoms with E-state index in [-0.39, 0.29) is 17.9 Å². The number of rotatable bonds is 4. The first kappa shape index (κ1) is 17.9. The molecule has 136 valence electrons. The summed E-state index contributed by atoms with van der Waals surface area (Å²) < 4.78 is 0. The molecule has 1 aromatic heterocycles. The third-order valence-corrected chi connectivity index (χ3v) is 4.53. The molecule has 1 fully saturated rings. The number of likely N-dealkylation sites (tertiary alicyclic amines) is 1. The summed E-state index contributed by atoms with van der Waals surface area (Å²) in [5, 5.41) is 5.77. The van der Waals surface area contributed by atoms with Crippen molar-refractivity contribution >= 4 is 17.8 Å². The zero-order chi connectivity index (χ0) is 18.4. The molecule has 6 heteroatoms. The fourth-order valence-corrected chi connectivity index (χ4v) is 3.03. The van der Waals surface area contributed by atoms with Gasteiger partial charge in [-0.15, -0.1) is 0 Å². The Morgan fingerprint density at radius 1 is 1.19 bits per heavy atom. The van der Waals surface area contributed by atoms with Crippen LogP contribution in [0.15, 0.2) is 48.7 Å². The minimum absolute atomic E-state index is 0.0816. The first-order valence-electron chi connectivity index (χ1n) is 8.92. The third-order valence-electron chi connectivity index (χ3n) is 4.53. The van der Waals surface area contributed by atoms with Gasteiger partial charge >= 0.3 is 6.03 Å². The minimum Gasteiger partial charge on any atom is -0.334 e. The molecule has 1 atom stereocenters. The van der Waals surface area contributed by atoms with Crippen LogP contribution in [0.5, 0.6) is 0 Å². The maximum absolute atomic E-state index is 12.5. The number of hydrogen-bond donors (Lipinski definition) is 2. The third kappa shape index (κ3) is 4.81. The summed E-state index contributed by atoms with van der Waals surface area (Å²) in [5.41, 5.74) is 2.10. The van der Waals surface area contributed by atoms with Gasteiger partial charge in [0, 0.05) is 25.8 Å². The molecule has 0 unspecified atom stereocenters. The molecule has 2 heterocycles. The summed E-state index contributed by atoms with van der Waals surface area (Å²) in [4.78, 5) is 30.8.